The molecular formula is C16H18N2O3. The van der Waals surface area contributed by atoms with Gasteiger partial charge in [0.05, 0.1) is 12.8 Å². The lowest BCUT2D eigenvalue weighted by atomic mass is 10.1. The Balaban J connectivity index is 2.39. The van der Waals surface area contributed by atoms with Crippen molar-refractivity contribution in [3.05, 3.63) is 48.0 Å². The largest absolute Gasteiger partial charge is 0.465 e. The average molecular weight is 286 g/mol. The highest BCUT2D eigenvalue weighted by atomic mass is 16.5. The molecule has 5 nitrogen and oxygen atoms in total. The zero-order chi connectivity index (χ0) is 15.4. The summed E-state index contributed by atoms with van der Waals surface area (Å²) in [5.74, 6) is 0.422. The molecule has 0 saturated carbocycles. The summed E-state index contributed by atoms with van der Waals surface area (Å²) in [4.78, 5) is 13.7. The van der Waals surface area contributed by atoms with Crippen LogP contribution in [0.15, 0.2) is 42.5 Å². The number of para-hydroxylation sites is 1. The normalized spacial score (nSPS) is 10.0. The van der Waals surface area contributed by atoms with Crippen LogP contribution in [0.5, 0.6) is 11.5 Å². The van der Waals surface area contributed by atoms with Crippen molar-refractivity contribution in [2.24, 2.45) is 0 Å². The maximum atomic E-state index is 11.8. The first-order chi connectivity index (χ1) is 10.0. The predicted molar refractivity (Wildman–Crippen MR) is 83.0 cm³/mol. The van der Waals surface area contributed by atoms with E-state index in [2.05, 4.69) is 0 Å². The Bertz CT molecular complexity index is 654. The highest BCUT2D eigenvalue weighted by molar-refractivity contribution is 5.94. The summed E-state index contributed by atoms with van der Waals surface area (Å²) >= 11 is 0. The van der Waals surface area contributed by atoms with Crippen LogP contribution in [0.25, 0.3) is 0 Å². The van der Waals surface area contributed by atoms with Gasteiger partial charge >= 0.3 is 5.97 Å². The molecule has 0 aliphatic rings. The highest BCUT2D eigenvalue weighted by Gasteiger charge is 2.16. The van der Waals surface area contributed by atoms with Crippen LogP contribution in [0.4, 0.5) is 11.4 Å². The van der Waals surface area contributed by atoms with Gasteiger partial charge in [0.25, 0.3) is 0 Å². The Morgan fingerprint density at radius 1 is 1.14 bits per heavy atom. The molecule has 2 rings (SSSR count). The van der Waals surface area contributed by atoms with Crippen molar-refractivity contribution in [2.75, 3.05) is 31.8 Å². The number of rotatable bonds is 4. The summed E-state index contributed by atoms with van der Waals surface area (Å²) in [5.41, 5.74) is 7.59. The molecule has 2 N–H and O–H groups in total. The third kappa shape index (κ3) is 3.25. The van der Waals surface area contributed by atoms with Crippen molar-refractivity contribution in [3.8, 4) is 11.5 Å². The summed E-state index contributed by atoms with van der Waals surface area (Å²) in [7, 11) is 5.20. The quantitative estimate of drug-likeness (QED) is 0.691. The molecule has 0 atom stereocenters. The second-order valence-corrected chi connectivity index (χ2v) is 4.71. The molecule has 0 radical (unpaired) electrons. The summed E-state index contributed by atoms with van der Waals surface area (Å²) in [6, 6.07) is 12.5. The Kier molecular flexibility index (Phi) is 4.33. The first kappa shape index (κ1) is 14.7. The fourth-order valence-electron chi connectivity index (χ4n) is 1.88. The molecule has 0 fully saturated rings. The Morgan fingerprint density at radius 3 is 2.52 bits per heavy atom. The fourth-order valence-corrected chi connectivity index (χ4v) is 1.88. The van der Waals surface area contributed by atoms with E-state index in [1.807, 2.05) is 37.2 Å². The summed E-state index contributed by atoms with van der Waals surface area (Å²) < 4.78 is 10.6. The molecule has 0 unspecified atom stereocenters. The van der Waals surface area contributed by atoms with Crippen LogP contribution < -0.4 is 15.4 Å². The molecule has 2 aromatic rings. The molecule has 21 heavy (non-hydrogen) atoms. The molecule has 0 aliphatic carbocycles. The number of ether oxygens (including phenoxy) is 2. The van der Waals surface area contributed by atoms with Gasteiger partial charge in [0.1, 0.15) is 11.3 Å². The summed E-state index contributed by atoms with van der Waals surface area (Å²) in [5, 5.41) is 0. The number of benzene rings is 2. The minimum Gasteiger partial charge on any atom is -0.465 e. The van der Waals surface area contributed by atoms with Crippen LogP contribution in [0.1, 0.15) is 10.4 Å². The Hall–Kier alpha value is -2.69. The molecule has 0 saturated heterocycles. The van der Waals surface area contributed by atoms with Crippen molar-refractivity contribution >= 4 is 17.3 Å². The molecule has 110 valence electrons. The molecule has 0 bridgehead atoms. The van der Waals surface area contributed by atoms with Crippen LogP contribution in [-0.2, 0) is 4.74 Å². The van der Waals surface area contributed by atoms with Gasteiger partial charge in [-0.1, -0.05) is 12.1 Å². The Morgan fingerprint density at radius 2 is 1.86 bits per heavy atom. The van der Waals surface area contributed by atoms with Gasteiger partial charge in [-0.2, -0.15) is 0 Å². The van der Waals surface area contributed by atoms with Crippen molar-refractivity contribution < 1.29 is 14.3 Å². The van der Waals surface area contributed by atoms with E-state index in [1.54, 1.807) is 24.3 Å². The van der Waals surface area contributed by atoms with E-state index in [0.717, 1.165) is 5.69 Å². The van der Waals surface area contributed by atoms with Crippen molar-refractivity contribution in [2.45, 2.75) is 0 Å². The number of hydrogen-bond acceptors (Lipinski definition) is 5. The van der Waals surface area contributed by atoms with E-state index in [-0.39, 0.29) is 0 Å². The number of carbonyl (C=O) groups is 1. The first-order valence-corrected chi connectivity index (χ1v) is 6.45. The van der Waals surface area contributed by atoms with Crippen LogP contribution in [-0.4, -0.2) is 27.2 Å². The molecule has 0 spiro atoms. The molecule has 0 amide bonds. The van der Waals surface area contributed by atoms with E-state index in [1.165, 1.54) is 7.11 Å². The van der Waals surface area contributed by atoms with Crippen LogP contribution in [0.3, 0.4) is 0 Å². The molecular weight excluding hydrogens is 268 g/mol. The van der Waals surface area contributed by atoms with E-state index in [0.29, 0.717) is 22.7 Å². The number of methoxy groups -OCH3 is 1. The highest BCUT2D eigenvalue weighted by Crippen LogP contribution is 2.33. The molecule has 0 heterocycles. The van der Waals surface area contributed by atoms with Gasteiger partial charge in [-0.15, -0.1) is 0 Å². The summed E-state index contributed by atoms with van der Waals surface area (Å²) in [6.45, 7) is 0. The number of nitrogens with zero attached hydrogens (tertiary/aromatic N) is 1. The molecule has 0 aromatic heterocycles. The topological polar surface area (TPSA) is 64.8 Å². The van der Waals surface area contributed by atoms with Gasteiger partial charge in [-0.25, -0.2) is 4.79 Å². The van der Waals surface area contributed by atoms with Gasteiger partial charge in [-0.05, 0) is 24.3 Å². The summed E-state index contributed by atoms with van der Waals surface area (Å²) in [6.07, 6.45) is 0. The maximum Gasteiger partial charge on any atom is 0.341 e. The van der Waals surface area contributed by atoms with Gasteiger partial charge in [0.15, 0.2) is 5.75 Å². The lowest BCUT2D eigenvalue weighted by molar-refractivity contribution is 0.0598. The lowest BCUT2D eigenvalue weighted by Gasteiger charge is -2.16. The SMILES string of the molecule is COC(=O)c1cccc(N)c1Oc1cccc(N(C)C)c1. The lowest BCUT2D eigenvalue weighted by Crippen LogP contribution is -2.08. The molecule has 2 aromatic carbocycles. The van der Waals surface area contributed by atoms with Gasteiger partial charge in [0, 0.05) is 25.8 Å². The van der Waals surface area contributed by atoms with Crippen LogP contribution >= 0.6 is 0 Å². The number of nitrogen functional groups attached to an aromatic ring is 1. The average Bonchev–Trinajstić information content (AvgIpc) is 2.48. The van der Waals surface area contributed by atoms with Gasteiger partial charge in [-0.3, -0.25) is 0 Å². The van der Waals surface area contributed by atoms with Gasteiger partial charge in [0.2, 0.25) is 0 Å². The minimum absolute atomic E-state index is 0.299. The number of esters is 1. The van der Waals surface area contributed by atoms with Crippen molar-refractivity contribution in [1.29, 1.82) is 0 Å². The molecule has 5 heteroatoms. The third-order valence-electron chi connectivity index (χ3n) is 3.00. The van der Waals surface area contributed by atoms with Crippen LogP contribution in [0.2, 0.25) is 0 Å². The third-order valence-corrected chi connectivity index (χ3v) is 3.00. The second-order valence-electron chi connectivity index (χ2n) is 4.71. The smallest absolute Gasteiger partial charge is 0.341 e. The fraction of sp³-hybridized carbons (Fsp3) is 0.188. The number of nitrogens with two attached hydrogens (primary N) is 1. The van der Waals surface area contributed by atoms with E-state index in [9.17, 15) is 4.79 Å². The standard InChI is InChI=1S/C16H18N2O3/c1-18(2)11-6-4-7-12(10-11)21-15-13(16(19)20-3)8-5-9-14(15)17/h4-10H,17H2,1-3H3. The molecule has 0 aliphatic heterocycles. The van der Waals surface area contributed by atoms with E-state index >= 15 is 0 Å². The zero-order valence-corrected chi connectivity index (χ0v) is 12.3. The van der Waals surface area contributed by atoms with E-state index in [4.69, 9.17) is 15.2 Å². The maximum absolute atomic E-state index is 11.8. The van der Waals surface area contributed by atoms with Gasteiger partial charge < -0.3 is 20.1 Å². The number of anilines is 2. The monoisotopic (exact) mass is 286 g/mol. The van der Waals surface area contributed by atoms with Crippen LogP contribution in [0, 0.1) is 0 Å². The number of carbonyl (C=O) groups excluding carboxylic acids is 1. The minimum atomic E-state index is -0.485. The second kappa shape index (κ2) is 6.17. The van der Waals surface area contributed by atoms with Crippen molar-refractivity contribution in [3.63, 3.8) is 0 Å². The number of hydrogen-bond donors (Lipinski definition) is 1. The van der Waals surface area contributed by atoms with Crippen molar-refractivity contribution in [1.82, 2.24) is 0 Å². The van der Waals surface area contributed by atoms with E-state index < -0.39 is 5.97 Å². The Labute approximate surface area is 123 Å². The zero-order valence-electron chi connectivity index (χ0n) is 12.3. The predicted octanol–water partition coefficient (Wildman–Crippen LogP) is 2.91. The first-order valence-electron chi connectivity index (χ1n) is 6.45.